The van der Waals surface area contributed by atoms with Crippen LogP contribution < -0.4 is 5.32 Å². The van der Waals surface area contributed by atoms with E-state index in [2.05, 4.69) is 10.3 Å². The first-order chi connectivity index (χ1) is 11.4. The van der Waals surface area contributed by atoms with Gasteiger partial charge in [0.25, 0.3) is 5.91 Å². The molecule has 0 aliphatic carbocycles. The Hall–Kier alpha value is -3.15. The summed E-state index contributed by atoms with van der Waals surface area (Å²) in [4.78, 5) is 27.9. The van der Waals surface area contributed by atoms with Crippen molar-refractivity contribution in [3.63, 3.8) is 0 Å². The van der Waals surface area contributed by atoms with Crippen molar-refractivity contribution in [2.24, 2.45) is 0 Å². The zero-order valence-electron chi connectivity index (χ0n) is 13.4. The van der Waals surface area contributed by atoms with Crippen molar-refractivity contribution in [2.45, 2.75) is 19.4 Å². The van der Waals surface area contributed by atoms with E-state index in [9.17, 15) is 9.59 Å². The van der Waals surface area contributed by atoms with Crippen LogP contribution in [0.15, 0.2) is 54.9 Å². The van der Waals surface area contributed by atoms with Gasteiger partial charge in [0.2, 0.25) is 0 Å². The maximum absolute atomic E-state index is 12.3. The fourth-order valence-corrected chi connectivity index (χ4v) is 2.28. The van der Waals surface area contributed by atoms with Crippen LogP contribution in [-0.2, 0) is 4.79 Å². The number of fused-ring (bicyclic) bond motifs is 1. The van der Waals surface area contributed by atoms with E-state index in [1.807, 2.05) is 40.9 Å². The van der Waals surface area contributed by atoms with Gasteiger partial charge in [-0.1, -0.05) is 30.3 Å². The molecule has 0 atom stereocenters. The smallest absolute Gasteiger partial charge is 0.328 e. The van der Waals surface area contributed by atoms with Gasteiger partial charge in [0.15, 0.2) is 0 Å². The molecule has 2 aromatic heterocycles. The van der Waals surface area contributed by atoms with Crippen molar-refractivity contribution in [2.75, 3.05) is 0 Å². The maximum atomic E-state index is 12.3. The number of pyridine rings is 1. The van der Waals surface area contributed by atoms with Crippen LogP contribution in [-0.4, -0.2) is 31.9 Å². The lowest BCUT2D eigenvalue weighted by molar-refractivity contribution is -0.143. The predicted octanol–water partition coefficient (Wildman–Crippen LogP) is 2.59. The number of nitrogens with one attached hydrogen (secondary N) is 1. The second kappa shape index (κ2) is 5.81. The quantitative estimate of drug-likeness (QED) is 0.773. The number of carbonyl (C=O) groups excluding carboxylic acids is 1. The van der Waals surface area contributed by atoms with E-state index < -0.39 is 17.4 Å². The standard InChI is InChI=1S/C18H17N3O3/c1-18(2,17(23)24)20-16(22)13-8-9-21-11-14(19-15(21)10-13)12-6-4-3-5-7-12/h3-11H,1-2H3,(H,20,22)(H,23,24). The zero-order valence-corrected chi connectivity index (χ0v) is 13.4. The summed E-state index contributed by atoms with van der Waals surface area (Å²) < 4.78 is 1.82. The van der Waals surface area contributed by atoms with E-state index in [1.54, 1.807) is 18.3 Å². The van der Waals surface area contributed by atoms with Crippen LogP contribution in [0.2, 0.25) is 0 Å². The first kappa shape index (κ1) is 15.7. The molecule has 24 heavy (non-hydrogen) atoms. The number of hydrogen-bond donors (Lipinski definition) is 2. The number of carbonyl (C=O) groups is 2. The molecule has 0 spiro atoms. The van der Waals surface area contributed by atoms with E-state index in [0.29, 0.717) is 11.2 Å². The molecule has 3 aromatic rings. The van der Waals surface area contributed by atoms with Crippen LogP contribution in [0.1, 0.15) is 24.2 Å². The predicted molar refractivity (Wildman–Crippen MR) is 89.8 cm³/mol. The minimum atomic E-state index is -1.34. The molecule has 0 radical (unpaired) electrons. The van der Waals surface area contributed by atoms with Gasteiger partial charge in [-0.2, -0.15) is 0 Å². The average Bonchev–Trinajstić information content (AvgIpc) is 2.98. The third-order valence-corrected chi connectivity index (χ3v) is 3.75. The van der Waals surface area contributed by atoms with Crippen LogP contribution in [0.4, 0.5) is 0 Å². The third-order valence-electron chi connectivity index (χ3n) is 3.75. The lowest BCUT2D eigenvalue weighted by Gasteiger charge is -2.20. The van der Waals surface area contributed by atoms with Gasteiger partial charge in [-0.15, -0.1) is 0 Å². The van der Waals surface area contributed by atoms with Gasteiger partial charge >= 0.3 is 5.97 Å². The van der Waals surface area contributed by atoms with E-state index >= 15 is 0 Å². The number of amides is 1. The van der Waals surface area contributed by atoms with Gasteiger partial charge in [-0.05, 0) is 26.0 Å². The summed E-state index contributed by atoms with van der Waals surface area (Å²) in [7, 11) is 0. The van der Waals surface area contributed by atoms with Gasteiger partial charge in [0.1, 0.15) is 11.2 Å². The van der Waals surface area contributed by atoms with Crippen molar-refractivity contribution in [3.05, 3.63) is 60.4 Å². The molecule has 1 aromatic carbocycles. The highest BCUT2D eigenvalue weighted by Gasteiger charge is 2.29. The minimum absolute atomic E-state index is 0.363. The van der Waals surface area contributed by atoms with E-state index in [1.165, 1.54) is 13.8 Å². The normalized spacial score (nSPS) is 11.4. The fraction of sp³-hybridized carbons (Fsp3) is 0.167. The molecule has 2 heterocycles. The average molecular weight is 323 g/mol. The van der Waals surface area contributed by atoms with Crippen LogP contribution in [0.5, 0.6) is 0 Å². The van der Waals surface area contributed by atoms with Crippen molar-refractivity contribution in [1.82, 2.24) is 14.7 Å². The Balaban J connectivity index is 1.92. The second-order valence-electron chi connectivity index (χ2n) is 6.06. The molecule has 0 unspecified atom stereocenters. The van der Waals surface area contributed by atoms with Gasteiger partial charge in [0.05, 0.1) is 5.69 Å². The SMILES string of the molecule is CC(C)(NC(=O)c1ccn2cc(-c3ccccc3)nc2c1)C(=O)O. The van der Waals surface area contributed by atoms with Crippen LogP contribution in [0.25, 0.3) is 16.9 Å². The molecule has 6 nitrogen and oxygen atoms in total. The Bertz CT molecular complexity index is 914. The molecule has 0 fully saturated rings. The number of benzene rings is 1. The van der Waals surface area contributed by atoms with Gasteiger partial charge < -0.3 is 14.8 Å². The zero-order chi connectivity index (χ0) is 17.3. The Morgan fingerprint density at radius 1 is 1.17 bits per heavy atom. The summed E-state index contributed by atoms with van der Waals surface area (Å²) in [6.07, 6.45) is 3.62. The molecule has 1 amide bonds. The molecule has 6 heteroatoms. The lowest BCUT2D eigenvalue weighted by atomic mass is 10.1. The summed E-state index contributed by atoms with van der Waals surface area (Å²) in [5, 5.41) is 11.6. The topological polar surface area (TPSA) is 83.7 Å². The number of imidazole rings is 1. The molecule has 0 aliphatic rings. The summed E-state index contributed by atoms with van der Waals surface area (Å²) >= 11 is 0. The molecular formula is C18H17N3O3. The summed E-state index contributed by atoms with van der Waals surface area (Å²) in [6.45, 7) is 2.88. The molecule has 0 saturated heterocycles. The largest absolute Gasteiger partial charge is 0.480 e. The Kier molecular flexibility index (Phi) is 3.81. The van der Waals surface area contributed by atoms with Crippen molar-refractivity contribution in [3.8, 4) is 11.3 Å². The van der Waals surface area contributed by atoms with Crippen LogP contribution in [0, 0.1) is 0 Å². The van der Waals surface area contributed by atoms with Gasteiger partial charge in [0, 0.05) is 23.5 Å². The van der Waals surface area contributed by atoms with E-state index in [4.69, 9.17) is 5.11 Å². The Labute approximate surface area is 138 Å². The van der Waals surface area contributed by atoms with Crippen molar-refractivity contribution in [1.29, 1.82) is 0 Å². The monoisotopic (exact) mass is 323 g/mol. The van der Waals surface area contributed by atoms with E-state index in [-0.39, 0.29) is 0 Å². The van der Waals surface area contributed by atoms with Gasteiger partial charge in [-0.3, -0.25) is 4.79 Å². The molecular weight excluding hydrogens is 306 g/mol. The van der Waals surface area contributed by atoms with Gasteiger partial charge in [-0.25, -0.2) is 9.78 Å². The number of nitrogens with zero attached hydrogens (tertiary/aromatic N) is 2. The molecule has 0 bridgehead atoms. The number of carboxylic acids is 1. The highest BCUT2D eigenvalue weighted by atomic mass is 16.4. The highest BCUT2D eigenvalue weighted by Crippen LogP contribution is 2.19. The molecule has 3 rings (SSSR count). The lowest BCUT2D eigenvalue weighted by Crippen LogP contribution is -2.49. The molecule has 122 valence electrons. The van der Waals surface area contributed by atoms with Crippen molar-refractivity contribution < 1.29 is 14.7 Å². The Morgan fingerprint density at radius 2 is 1.88 bits per heavy atom. The molecule has 0 aliphatic heterocycles. The number of aromatic nitrogens is 2. The number of aliphatic carboxylic acids is 1. The second-order valence-corrected chi connectivity index (χ2v) is 6.06. The van der Waals surface area contributed by atoms with E-state index in [0.717, 1.165) is 11.3 Å². The molecule has 2 N–H and O–H groups in total. The first-order valence-electron chi connectivity index (χ1n) is 7.47. The number of rotatable bonds is 4. The molecule has 0 saturated carbocycles. The third kappa shape index (κ3) is 2.99. The maximum Gasteiger partial charge on any atom is 0.328 e. The van der Waals surface area contributed by atoms with Crippen LogP contribution in [0.3, 0.4) is 0 Å². The first-order valence-corrected chi connectivity index (χ1v) is 7.47. The summed E-state index contributed by atoms with van der Waals surface area (Å²) in [5.74, 6) is -1.54. The highest BCUT2D eigenvalue weighted by molar-refractivity contribution is 5.98. The van der Waals surface area contributed by atoms with Crippen molar-refractivity contribution >= 4 is 17.5 Å². The van der Waals surface area contributed by atoms with Crippen LogP contribution >= 0.6 is 0 Å². The number of hydrogen-bond acceptors (Lipinski definition) is 3. The summed E-state index contributed by atoms with van der Waals surface area (Å²) in [5.41, 5.74) is 1.43. The Morgan fingerprint density at radius 3 is 2.54 bits per heavy atom. The summed E-state index contributed by atoms with van der Waals surface area (Å²) in [6, 6.07) is 13.0. The number of carboxylic acid groups (broad SMARTS) is 1. The minimum Gasteiger partial charge on any atom is -0.480 e. The fourth-order valence-electron chi connectivity index (χ4n) is 2.28.